The first-order chi connectivity index (χ1) is 11.0. The maximum atomic E-state index is 12.5. The summed E-state index contributed by atoms with van der Waals surface area (Å²) in [5.74, 6) is 0.00456. The molecule has 1 aromatic rings. The molecular formula is C19H30N2O2. The van der Waals surface area contributed by atoms with Crippen molar-refractivity contribution >= 4 is 11.6 Å². The van der Waals surface area contributed by atoms with Crippen molar-refractivity contribution in [3.8, 4) is 0 Å². The Balaban J connectivity index is 2.00. The van der Waals surface area contributed by atoms with Crippen molar-refractivity contribution < 1.29 is 9.90 Å². The van der Waals surface area contributed by atoms with Gasteiger partial charge in [-0.25, -0.2) is 0 Å². The van der Waals surface area contributed by atoms with E-state index >= 15 is 0 Å². The average molecular weight is 318 g/mol. The molecule has 0 heterocycles. The molecule has 1 amide bonds. The summed E-state index contributed by atoms with van der Waals surface area (Å²) in [7, 11) is 0. The smallest absolute Gasteiger partial charge is 0.238 e. The van der Waals surface area contributed by atoms with E-state index in [0.29, 0.717) is 19.1 Å². The van der Waals surface area contributed by atoms with Crippen LogP contribution in [0.4, 0.5) is 5.69 Å². The van der Waals surface area contributed by atoms with Crippen LogP contribution in [0.1, 0.15) is 50.2 Å². The van der Waals surface area contributed by atoms with Crippen LogP contribution in [0.15, 0.2) is 18.2 Å². The number of aryl methyl sites for hydroxylation is 2. The predicted molar refractivity (Wildman–Crippen MR) is 94.7 cm³/mol. The fraction of sp³-hybridized carbons (Fsp3) is 0.632. The minimum Gasteiger partial charge on any atom is -0.392 e. The summed E-state index contributed by atoms with van der Waals surface area (Å²) in [6, 6.07) is 6.50. The molecule has 0 bridgehead atoms. The van der Waals surface area contributed by atoms with Gasteiger partial charge < -0.3 is 10.4 Å². The third-order valence-electron chi connectivity index (χ3n) is 4.60. The summed E-state index contributed by atoms with van der Waals surface area (Å²) in [6.45, 7) is 6.73. The molecule has 0 radical (unpaired) electrons. The number of benzene rings is 1. The van der Waals surface area contributed by atoms with Crippen LogP contribution in [0.3, 0.4) is 0 Å². The van der Waals surface area contributed by atoms with E-state index in [2.05, 4.69) is 10.2 Å². The van der Waals surface area contributed by atoms with E-state index in [9.17, 15) is 9.90 Å². The van der Waals surface area contributed by atoms with Crippen molar-refractivity contribution in [2.24, 2.45) is 0 Å². The lowest BCUT2D eigenvalue weighted by Crippen LogP contribution is -2.45. The van der Waals surface area contributed by atoms with Crippen LogP contribution in [0.25, 0.3) is 0 Å². The van der Waals surface area contributed by atoms with E-state index in [1.807, 2.05) is 32.0 Å². The Hall–Kier alpha value is -1.39. The quantitative estimate of drug-likeness (QED) is 0.846. The maximum Gasteiger partial charge on any atom is 0.238 e. The van der Waals surface area contributed by atoms with E-state index in [0.717, 1.165) is 29.7 Å². The first-order valence-corrected chi connectivity index (χ1v) is 8.75. The first kappa shape index (κ1) is 18.0. The molecule has 0 spiro atoms. The molecule has 0 saturated heterocycles. The number of aliphatic hydroxyl groups is 1. The Morgan fingerprint density at radius 3 is 2.65 bits per heavy atom. The van der Waals surface area contributed by atoms with Gasteiger partial charge in [0.25, 0.3) is 0 Å². The molecular weight excluding hydrogens is 288 g/mol. The van der Waals surface area contributed by atoms with Gasteiger partial charge in [0.1, 0.15) is 0 Å². The summed E-state index contributed by atoms with van der Waals surface area (Å²) in [5, 5.41) is 12.8. The minimum atomic E-state index is -0.412. The molecule has 1 saturated carbocycles. The zero-order valence-electron chi connectivity index (χ0n) is 14.6. The average Bonchev–Trinajstić information content (AvgIpc) is 2.51. The predicted octanol–water partition coefficient (Wildman–Crippen LogP) is 3.26. The number of aliphatic hydroxyl groups excluding tert-OH is 1. The molecule has 0 aromatic heterocycles. The van der Waals surface area contributed by atoms with Crippen LogP contribution in [0, 0.1) is 13.8 Å². The second-order valence-corrected chi connectivity index (χ2v) is 6.94. The number of rotatable bonds is 6. The molecule has 1 aliphatic rings. The third-order valence-corrected chi connectivity index (χ3v) is 4.60. The number of nitrogens with one attached hydrogen (secondary N) is 1. The fourth-order valence-electron chi connectivity index (χ4n) is 3.37. The fourth-order valence-corrected chi connectivity index (χ4v) is 3.37. The molecule has 1 atom stereocenters. The minimum absolute atomic E-state index is 0.00456. The van der Waals surface area contributed by atoms with E-state index < -0.39 is 6.10 Å². The Morgan fingerprint density at radius 1 is 1.30 bits per heavy atom. The molecule has 128 valence electrons. The number of amides is 1. The lowest BCUT2D eigenvalue weighted by Gasteiger charge is -2.34. The van der Waals surface area contributed by atoms with Crippen LogP contribution in [0.5, 0.6) is 0 Å². The summed E-state index contributed by atoms with van der Waals surface area (Å²) in [4.78, 5) is 14.6. The van der Waals surface area contributed by atoms with Gasteiger partial charge in [-0.3, -0.25) is 9.69 Å². The second-order valence-electron chi connectivity index (χ2n) is 6.94. The first-order valence-electron chi connectivity index (χ1n) is 8.75. The van der Waals surface area contributed by atoms with Gasteiger partial charge in [-0.05, 0) is 50.8 Å². The van der Waals surface area contributed by atoms with Crippen LogP contribution in [-0.2, 0) is 4.79 Å². The van der Waals surface area contributed by atoms with Crippen molar-refractivity contribution in [3.05, 3.63) is 29.3 Å². The molecule has 4 nitrogen and oxygen atoms in total. The van der Waals surface area contributed by atoms with Crippen LogP contribution in [-0.4, -0.2) is 41.1 Å². The second kappa shape index (κ2) is 8.46. The molecule has 23 heavy (non-hydrogen) atoms. The Morgan fingerprint density at radius 2 is 2.00 bits per heavy atom. The van der Waals surface area contributed by atoms with E-state index in [1.165, 1.54) is 19.3 Å². The van der Waals surface area contributed by atoms with Crippen molar-refractivity contribution in [1.82, 2.24) is 4.90 Å². The Bertz CT molecular complexity index is 522. The lowest BCUT2D eigenvalue weighted by molar-refractivity contribution is -0.118. The van der Waals surface area contributed by atoms with Gasteiger partial charge in [-0.2, -0.15) is 0 Å². The van der Waals surface area contributed by atoms with Crippen molar-refractivity contribution in [2.75, 3.05) is 18.4 Å². The molecule has 4 heteroatoms. The number of hydrogen-bond donors (Lipinski definition) is 2. The highest BCUT2D eigenvalue weighted by atomic mass is 16.3. The highest BCUT2D eigenvalue weighted by Gasteiger charge is 2.24. The molecule has 2 N–H and O–H groups in total. The van der Waals surface area contributed by atoms with E-state index in [1.54, 1.807) is 6.92 Å². The van der Waals surface area contributed by atoms with Gasteiger partial charge in [-0.1, -0.05) is 31.4 Å². The van der Waals surface area contributed by atoms with Gasteiger partial charge >= 0.3 is 0 Å². The zero-order chi connectivity index (χ0) is 16.8. The topological polar surface area (TPSA) is 52.6 Å². The SMILES string of the molecule is Cc1ccc(C)c(NC(=O)CN(CC(C)O)C2CCCCC2)c1. The highest BCUT2D eigenvalue weighted by Crippen LogP contribution is 2.23. The van der Waals surface area contributed by atoms with Gasteiger partial charge in [0.05, 0.1) is 12.6 Å². The van der Waals surface area contributed by atoms with Crippen LogP contribution in [0.2, 0.25) is 0 Å². The summed E-state index contributed by atoms with van der Waals surface area (Å²) < 4.78 is 0. The molecule has 1 aliphatic carbocycles. The van der Waals surface area contributed by atoms with Gasteiger partial charge in [0, 0.05) is 18.3 Å². The van der Waals surface area contributed by atoms with Crippen molar-refractivity contribution in [2.45, 2.75) is 65.0 Å². The molecule has 1 unspecified atom stereocenters. The number of anilines is 1. The number of hydrogen-bond acceptors (Lipinski definition) is 3. The number of nitrogens with zero attached hydrogens (tertiary/aromatic N) is 1. The van der Waals surface area contributed by atoms with E-state index in [4.69, 9.17) is 0 Å². The monoisotopic (exact) mass is 318 g/mol. The highest BCUT2D eigenvalue weighted by molar-refractivity contribution is 5.93. The molecule has 1 aromatic carbocycles. The molecule has 1 fully saturated rings. The largest absolute Gasteiger partial charge is 0.392 e. The van der Waals surface area contributed by atoms with Gasteiger partial charge in [0.15, 0.2) is 0 Å². The number of carbonyl (C=O) groups is 1. The van der Waals surface area contributed by atoms with Crippen LogP contribution >= 0.6 is 0 Å². The normalized spacial score (nSPS) is 17.3. The summed E-state index contributed by atoms with van der Waals surface area (Å²) in [5.41, 5.74) is 3.10. The van der Waals surface area contributed by atoms with Crippen molar-refractivity contribution in [1.29, 1.82) is 0 Å². The standard InChI is InChI=1S/C19H30N2O2/c1-14-9-10-15(2)18(11-14)20-19(23)13-21(12-16(3)22)17-7-5-4-6-8-17/h9-11,16-17,22H,4-8,12-13H2,1-3H3,(H,20,23). The zero-order valence-corrected chi connectivity index (χ0v) is 14.6. The molecule has 0 aliphatic heterocycles. The van der Waals surface area contributed by atoms with E-state index in [-0.39, 0.29) is 5.91 Å². The Labute approximate surface area is 139 Å². The Kier molecular flexibility index (Phi) is 6.60. The molecule has 2 rings (SSSR count). The van der Waals surface area contributed by atoms with Gasteiger partial charge in [-0.15, -0.1) is 0 Å². The third kappa shape index (κ3) is 5.63. The van der Waals surface area contributed by atoms with Gasteiger partial charge in [0.2, 0.25) is 5.91 Å². The summed E-state index contributed by atoms with van der Waals surface area (Å²) >= 11 is 0. The van der Waals surface area contributed by atoms with Crippen molar-refractivity contribution in [3.63, 3.8) is 0 Å². The maximum absolute atomic E-state index is 12.5. The van der Waals surface area contributed by atoms with Crippen LogP contribution < -0.4 is 5.32 Å². The lowest BCUT2D eigenvalue weighted by atomic mass is 9.94. The number of carbonyl (C=O) groups excluding carboxylic acids is 1. The summed E-state index contributed by atoms with van der Waals surface area (Å²) in [6.07, 6.45) is 5.57.